The Bertz CT molecular complexity index is 788. The molecule has 8 heteroatoms. The normalized spacial score (nSPS) is 21.2. The molecule has 2 rings (SSSR count). The van der Waals surface area contributed by atoms with Crippen LogP contribution in [0.3, 0.4) is 0 Å². The van der Waals surface area contributed by atoms with Crippen LogP contribution in [0.25, 0.3) is 0 Å². The second-order valence-corrected chi connectivity index (χ2v) is 10.5. The number of sulfone groups is 1. The van der Waals surface area contributed by atoms with Gasteiger partial charge in [-0.3, -0.25) is 4.99 Å². The van der Waals surface area contributed by atoms with E-state index in [1.165, 1.54) is 44.0 Å². The van der Waals surface area contributed by atoms with Crippen molar-refractivity contribution in [3.8, 4) is 0 Å². The largest absolute Gasteiger partial charge is 0.356 e. The molecule has 2 atom stereocenters. The van der Waals surface area contributed by atoms with Gasteiger partial charge in [-0.05, 0) is 54.5 Å². The SMILES string of the molecule is CN=C(NCCCN1CC(C)CC(C)C1)NCc1cc(F)ccc1CS(C)(=O)=O. The first-order valence-corrected chi connectivity index (χ1v) is 12.3. The van der Waals surface area contributed by atoms with E-state index in [0.29, 0.717) is 23.6 Å². The summed E-state index contributed by atoms with van der Waals surface area (Å²) < 4.78 is 36.9. The highest BCUT2D eigenvalue weighted by Crippen LogP contribution is 2.20. The van der Waals surface area contributed by atoms with Gasteiger partial charge in [0.15, 0.2) is 15.8 Å². The van der Waals surface area contributed by atoms with Crippen LogP contribution in [0.15, 0.2) is 23.2 Å². The van der Waals surface area contributed by atoms with E-state index in [4.69, 9.17) is 0 Å². The van der Waals surface area contributed by atoms with Gasteiger partial charge in [0.1, 0.15) is 5.82 Å². The summed E-state index contributed by atoms with van der Waals surface area (Å²) in [5.74, 6) is 1.65. The second kappa shape index (κ2) is 10.9. The third-order valence-electron chi connectivity index (χ3n) is 5.14. The maximum absolute atomic E-state index is 13.6. The van der Waals surface area contributed by atoms with Crippen molar-refractivity contribution in [1.29, 1.82) is 0 Å². The lowest BCUT2D eigenvalue weighted by atomic mass is 9.92. The third-order valence-corrected chi connectivity index (χ3v) is 5.98. The van der Waals surface area contributed by atoms with Crippen LogP contribution in [0.2, 0.25) is 0 Å². The van der Waals surface area contributed by atoms with E-state index in [-0.39, 0.29) is 11.6 Å². The van der Waals surface area contributed by atoms with Gasteiger partial charge in [0, 0.05) is 39.5 Å². The number of hydrogen-bond donors (Lipinski definition) is 2. The fourth-order valence-electron chi connectivity index (χ4n) is 4.07. The molecule has 1 saturated heterocycles. The van der Waals surface area contributed by atoms with E-state index in [1.807, 2.05) is 0 Å². The zero-order valence-corrected chi connectivity index (χ0v) is 18.9. The summed E-state index contributed by atoms with van der Waals surface area (Å²) in [6, 6.07) is 4.20. The molecule has 1 aliphatic heterocycles. The number of guanidine groups is 1. The molecular formula is C21H35FN4O2S. The molecule has 1 aromatic rings. The molecule has 29 heavy (non-hydrogen) atoms. The molecular weight excluding hydrogens is 391 g/mol. The van der Waals surface area contributed by atoms with E-state index in [0.717, 1.165) is 31.3 Å². The third kappa shape index (κ3) is 8.70. The second-order valence-electron chi connectivity index (χ2n) is 8.39. The maximum Gasteiger partial charge on any atom is 0.191 e. The van der Waals surface area contributed by atoms with Crippen LogP contribution >= 0.6 is 0 Å². The number of aliphatic imine (C=N–C) groups is 1. The van der Waals surface area contributed by atoms with Crippen molar-refractivity contribution in [2.75, 3.05) is 39.5 Å². The van der Waals surface area contributed by atoms with Gasteiger partial charge < -0.3 is 15.5 Å². The Morgan fingerprint density at radius 2 is 1.90 bits per heavy atom. The lowest BCUT2D eigenvalue weighted by molar-refractivity contribution is 0.140. The van der Waals surface area contributed by atoms with Crippen molar-refractivity contribution in [3.63, 3.8) is 0 Å². The lowest BCUT2D eigenvalue weighted by Crippen LogP contribution is -2.41. The van der Waals surface area contributed by atoms with Gasteiger partial charge in [0.25, 0.3) is 0 Å². The molecule has 0 radical (unpaired) electrons. The number of rotatable bonds is 8. The van der Waals surface area contributed by atoms with E-state index in [1.54, 1.807) is 7.05 Å². The Hall–Kier alpha value is -1.67. The minimum atomic E-state index is -3.19. The van der Waals surface area contributed by atoms with Crippen molar-refractivity contribution >= 4 is 15.8 Å². The summed E-state index contributed by atoms with van der Waals surface area (Å²) in [4.78, 5) is 6.74. The van der Waals surface area contributed by atoms with Crippen LogP contribution in [0.1, 0.15) is 37.8 Å². The molecule has 1 heterocycles. The monoisotopic (exact) mass is 426 g/mol. The highest BCUT2D eigenvalue weighted by Gasteiger charge is 2.21. The number of nitrogens with zero attached hydrogens (tertiary/aromatic N) is 2. The zero-order valence-electron chi connectivity index (χ0n) is 18.0. The van der Waals surface area contributed by atoms with Crippen LogP contribution in [-0.4, -0.2) is 58.8 Å². The molecule has 0 aliphatic carbocycles. The Morgan fingerprint density at radius 1 is 1.21 bits per heavy atom. The molecule has 0 aromatic heterocycles. The molecule has 0 amide bonds. The Kier molecular flexibility index (Phi) is 8.89. The van der Waals surface area contributed by atoms with Crippen LogP contribution in [0, 0.1) is 17.7 Å². The number of benzene rings is 1. The average Bonchev–Trinajstić information content (AvgIpc) is 2.61. The van der Waals surface area contributed by atoms with Crippen molar-refractivity contribution in [1.82, 2.24) is 15.5 Å². The Labute approximate surface area is 174 Å². The predicted molar refractivity (Wildman–Crippen MR) is 117 cm³/mol. The average molecular weight is 427 g/mol. The topological polar surface area (TPSA) is 73.8 Å². The van der Waals surface area contributed by atoms with Crippen molar-refractivity contribution in [3.05, 3.63) is 35.1 Å². The number of hydrogen-bond acceptors (Lipinski definition) is 4. The number of likely N-dealkylation sites (tertiary alicyclic amines) is 1. The van der Waals surface area contributed by atoms with Crippen molar-refractivity contribution in [2.45, 2.75) is 39.0 Å². The van der Waals surface area contributed by atoms with Crippen LogP contribution in [0.5, 0.6) is 0 Å². The molecule has 0 spiro atoms. The Balaban J connectivity index is 1.81. The summed E-state index contributed by atoms with van der Waals surface area (Å²) in [5.41, 5.74) is 1.22. The molecule has 1 aliphatic rings. The van der Waals surface area contributed by atoms with Gasteiger partial charge in [0.05, 0.1) is 5.75 Å². The minimum Gasteiger partial charge on any atom is -0.356 e. The van der Waals surface area contributed by atoms with E-state index < -0.39 is 9.84 Å². The van der Waals surface area contributed by atoms with E-state index in [2.05, 4.69) is 34.4 Å². The van der Waals surface area contributed by atoms with Gasteiger partial charge in [-0.2, -0.15) is 0 Å². The first kappa shape index (κ1) is 23.6. The summed E-state index contributed by atoms with van der Waals surface area (Å²) >= 11 is 0. The standard InChI is InChI=1S/C21H35FN4O2S/c1-16-10-17(2)14-26(13-16)9-5-8-24-21(23-3)25-12-19-11-20(22)7-6-18(19)15-29(4,27)28/h6-7,11,16-17H,5,8-10,12-15H2,1-4H3,(H2,23,24,25). The highest BCUT2D eigenvalue weighted by molar-refractivity contribution is 7.89. The first-order chi connectivity index (χ1) is 13.7. The van der Waals surface area contributed by atoms with Crippen LogP contribution < -0.4 is 10.6 Å². The van der Waals surface area contributed by atoms with Gasteiger partial charge in [0.2, 0.25) is 0 Å². The van der Waals surface area contributed by atoms with Gasteiger partial charge in [-0.25, -0.2) is 12.8 Å². The molecule has 164 valence electrons. The Morgan fingerprint density at radius 3 is 2.52 bits per heavy atom. The molecule has 0 bridgehead atoms. The summed E-state index contributed by atoms with van der Waals surface area (Å²) in [5, 5.41) is 6.44. The van der Waals surface area contributed by atoms with E-state index >= 15 is 0 Å². The maximum atomic E-state index is 13.6. The molecule has 2 N–H and O–H groups in total. The quantitative estimate of drug-likeness (QED) is 0.379. The fourth-order valence-corrected chi connectivity index (χ4v) is 4.91. The number of halogens is 1. The van der Waals surface area contributed by atoms with Gasteiger partial charge in [-0.15, -0.1) is 0 Å². The van der Waals surface area contributed by atoms with Gasteiger partial charge >= 0.3 is 0 Å². The lowest BCUT2D eigenvalue weighted by Gasteiger charge is -2.35. The molecule has 0 saturated carbocycles. The highest BCUT2D eigenvalue weighted by atomic mass is 32.2. The number of nitrogens with one attached hydrogen (secondary N) is 2. The summed E-state index contributed by atoms with van der Waals surface area (Å²) in [6.45, 7) is 9.12. The zero-order chi connectivity index (χ0) is 21.4. The summed E-state index contributed by atoms with van der Waals surface area (Å²) in [6.07, 6.45) is 3.50. The van der Waals surface area contributed by atoms with E-state index in [9.17, 15) is 12.8 Å². The molecule has 1 aromatic carbocycles. The van der Waals surface area contributed by atoms with Crippen LogP contribution in [0.4, 0.5) is 4.39 Å². The predicted octanol–water partition coefficient (Wildman–Crippen LogP) is 2.40. The van der Waals surface area contributed by atoms with Crippen molar-refractivity contribution < 1.29 is 12.8 Å². The smallest absolute Gasteiger partial charge is 0.191 e. The molecule has 1 fully saturated rings. The summed E-state index contributed by atoms with van der Waals surface area (Å²) in [7, 11) is -1.51. The first-order valence-electron chi connectivity index (χ1n) is 10.3. The van der Waals surface area contributed by atoms with Gasteiger partial charge in [-0.1, -0.05) is 19.9 Å². The van der Waals surface area contributed by atoms with Crippen LogP contribution in [-0.2, 0) is 22.1 Å². The minimum absolute atomic E-state index is 0.108. The number of piperidine rings is 1. The molecule has 6 nitrogen and oxygen atoms in total. The fraction of sp³-hybridized carbons (Fsp3) is 0.667. The van der Waals surface area contributed by atoms with Crippen molar-refractivity contribution in [2.24, 2.45) is 16.8 Å². The molecule has 2 unspecified atom stereocenters.